The number of ether oxygens (including phenoxy) is 1. The summed E-state index contributed by atoms with van der Waals surface area (Å²) in [6.07, 6.45) is 2.32. The summed E-state index contributed by atoms with van der Waals surface area (Å²) >= 11 is 11.9. The van der Waals surface area contributed by atoms with Gasteiger partial charge in [0.2, 0.25) is 5.91 Å². The monoisotopic (exact) mass is 464 g/mol. The maximum atomic E-state index is 12.6. The van der Waals surface area contributed by atoms with Crippen molar-refractivity contribution in [3.63, 3.8) is 0 Å². The molecule has 1 unspecified atom stereocenters. The van der Waals surface area contributed by atoms with E-state index in [1.165, 1.54) is 42.1 Å². The lowest BCUT2D eigenvalue weighted by Gasteiger charge is -2.14. The molecular formula is C19H14Cl2N4O6. The Morgan fingerprint density at radius 3 is 2.61 bits per heavy atom. The SMILES string of the molecule is CC(C(=O)Nc1cc(Oc2ccc(Cl)cc2Cl)cc([N+](=O)[O-])c1)n1cc(C(=O)O)cn1. The lowest BCUT2D eigenvalue weighted by atomic mass is 10.2. The maximum absolute atomic E-state index is 12.6. The lowest BCUT2D eigenvalue weighted by Crippen LogP contribution is -2.24. The number of nitro groups is 1. The number of carboxylic acids is 1. The second kappa shape index (κ2) is 9.02. The van der Waals surface area contributed by atoms with E-state index in [0.29, 0.717) is 5.02 Å². The number of halogens is 2. The molecule has 3 aromatic rings. The topological polar surface area (TPSA) is 137 Å². The smallest absolute Gasteiger partial charge is 0.338 e. The minimum absolute atomic E-state index is 0.0635. The third kappa shape index (κ3) is 5.30. The summed E-state index contributed by atoms with van der Waals surface area (Å²) in [5.74, 6) is -1.47. The molecule has 1 atom stereocenters. The van der Waals surface area contributed by atoms with Gasteiger partial charge < -0.3 is 15.2 Å². The first-order valence-electron chi connectivity index (χ1n) is 8.64. The van der Waals surface area contributed by atoms with Crippen LogP contribution < -0.4 is 10.1 Å². The fourth-order valence-corrected chi connectivity index (χ4v) is 2.98. The largest absolute Gasteiger partial charge is 0.478 e. The Morgan fingerprint density at radius 1 is 1.26 bits per heavy atom. The van der Waals surface area contributed by atoms with E-state index in [9.17, 15) is 19.7 Å². The van der Waals surface area contributed by atoms with Gasteiger partial charge in [-0.15, -0.1) is 0 Å². The van der Waals surface area contributed by atoms with E-state index in [-0.39, 0.29) is 33.5 Å². The molecule has 0 aliphatic rings. The summed E-state index contributed by atoms with van der Waals surface area (Å²) in [7, 11) is 0. The van der Waals surface area contributed by atoms with E-state index < -0.39 is 22.8 Å². The van der Waals surface area contributed by atoms with E-state index in [1.807, 2.05) is 0 Å². The average Bonchev–Trinajstić information content (AvgIpc) is 3.20. The molecule has 0 aliphatic heterocycles. The number of anilines is 1. The molecule has 0 fully saturated rings. The number of hydrogen-bond acceptors (Lipinski definition) is 6. The Hall–Kier alpha value is -3.63. The third-order valence-electron chi connectivity index (χ3n) is 4.12. The van der Waals surface area contributed by atoms with Gasteiger partial charge in [0.05, 0.1) is 33.5 Å². The van der Waals surface area contributed by atoms with Crippen LogP contribution in [0.5, 0.6) is 11.5 Å². The molecule has 160 valence electrons. The van der Waals surface area contributed by atoms with Crippen LogP contribution in [-0.4, -0.2) is 31.7 Å². The number of benzene rings is 2. The number of hydrogen-bond donors (Lipinski definition) is 2. The molecule has 12 heteroatoms. The highest BCUT2D eigenvalue weighted by atomic mass is 35.5. The standard InChI is InChI=1S/C19H14Cl2N4O6/c1-10(24-9-11(8-22-24)19(27)28)18(26)23-13-5-14(25(29)30)7-15(6-13)31-17-3-2-12(20)4-16(17)21/h2-10H,1H3,(H,23,26)(H,27,28). The molecule has 1 aromatic heterocycles. The van der Waals surface area contributed by atoms with Crippen LogP contribution in [0.15, 0.2) is 48.8 Å². The second-order valence-corrected chi connectivity index (χ2v) is 7.17. The molecule has 31 heavy (non-hydrogen) atoms. The summed E-state index contributed by atoms with van der Waals surface area (Å²) in [6.45, 7) is 1.50. The van der Waals surface area contributed by atoms with E-state index >= 15 is 0 Å². The van der Waals surface area contributed by atoms with Gasteiger partial charge in [-0.3, -0.25) is 19.6 Å². The molecule has 0 aliphatic carbocycles. The van der Waals surface area contributed by atoms with Gasteiger partial charge in [0, 0.05) is 23.4 Å². The second-order valence-electron chi connectivity index (χ2n) is 6.33. The molecule has 0 saturated carbocycles. The molecular weight excluding hydrogens is 451 g/mol. The van der Waals surface area contributed by atoms with Gasteiger partial charge in [0.1, 0.15) is 17.5 Å². The van der Waals surface area contributed by atoms with Crippen LogP contribution in [0.4, 0.5) is 11.4 Å². The molecule has 0 radical (unpaired) electrons. The van der Waals surface area contributed by atoms with Crippen molar-refractivity contribution in [2.45, 2.75) is 13.0 Å². The lowest BCUT2D eigenvalue weighted by molar-refractivity contribution is -0.384. The summed E-state index contributed by atoms with van der Waals surface area (Å²) in [5, 5.41) is 27.3. The molecule has 1 heterocycles. The molecule has 2 aromatic carbocycles. The van der Waals surface area contributed by atoms with Crippen LogP contribution in [0.1, 0.15) is 23.3 Å². The van der Waals surface area contributed by atoms with Gasteiger partial charge >= 0.3 is 5.97 Å². The summed E-state index contributed by atoms with van der Waals surface area (Å²) in [6, 6.07) is 7.33. The number of aromatic carboxylic acids is 1. The number of nitrogens with one attached hydrogen (secondary N) is 1. The van der Waals surface area contributed by atoms with E-state index in [0.717, 1.165) is 12.3 Å². The predicted molar refractivity (Wildman–Crippen MR) is 112 cm³/mol. The molecule has 3 rings (SSSR count). The molecule has 2 N–H and O–H groups in total. The Labute approximate surface area is 185 Å². The van der Waals surface area contributed by atoms with Crippen LogP contribution in [0, 0.1) is 10.1 Å². The minimum atomic E-state index is -1.18. The van der Waals surface area contributed by atoms with Crippen LogP contribution in [0.25, 0.3) is 0 Å². The van der Waals surface area contributed by atoms with Crippen molar-refractivity contribution >= 4 is 46.5 Å². The maximum Gasteiger partial charge on any atom is 0.338 e. The van der Waals surface area contributed by atoms with Crippen molar-refractivity contribution in [1.82, 2.24) is 9.78 Å². The molecule has 0 spiro atoms. The van der Waals surface area contributed by atoms with Gasteiger partial charge in [-0.1, -0.05) is 23.2 Å². The fraction of sp³-hybridized carbons (Fsp3) is 0.105. The first-order valence-corrected chi connectivity index (χ1v) is 9.40. The molecule has 0 bridgehead atoms. The van der Waals surface area contributed by atoms with Gasteiger partial charge in [-0.25, -0.2) is 4.79 Å². The first-order chi connectivity index (χ1) is 14.6. The van der Waals surface area contributed by atoms with Crippen LogP contribution in [0.3, 0.4) is 0 Å². The number of nitro benzene ring substituents is 1. The fourth-order valence-electron chi connectivity index (χ4n) is 2.53. The number of aromatic nitrogens is 2. The minimum Gasteiger partial charge on any atom is -0.478 e. The Balaban J connectivity index is 1.85. The summed E-state index contributed by atoms with van der Waals surface area (Å²) in [4.78, 5) is 34.2. The van der Waals surface area contributed by atoms with E-state index in [1.54, 1.807) is 6.07 Å². The Bertz CT molecular complexity index is 1180. The zero-order valence-corrected chi connectivity index (χ0v) is 17.3. The van der Waals surface area contributed by atoms with Crippen molar-refractivity contribution in [2.24, 2.45) is 0 Å². The van der Waals surface area contributed by atoms with Crippen molar-refractivity contribution in [2.75, 3.05) is 5.32 Å². The van der Waals surface area contributed by atoms with Gasteiger partial charge in [-0.2, -0.15) is 5.10 Å². The number of rotatable bonds is 7. The van der Waals surface area contributed by atoms with Crippen LogP contribution in [-0.2, 0) is 4.79 Å². The first kappa shape index (κ1) is 22.1. The summed E-state index contributed by atoms with van der Waals surface area (Å²) in [5.41, 5.74) is -0.305. The molecule has 0 saturated heterocycles. The van der Waals surface area contributed by atoms with Crippen molar-refractivity contribution < 1.29 is 24.4 Å². The predicted octanol–water partition coefficient (Wildman–Crippen LogP) is 4.79. The number of carboxylic acid groups (broad SMARTS) is 1. The zero-order chi connectivity index (χ0) is 22.7. The van der Waals surface area contributed by atoms with Crippen LogP contribution >= 0.6 is 23.2 Å². The van der Waals surface area contributed by atoms with E-state index in [2.05, 4.69) is 10.4 Å². The number of non-ortho nitro benzene ring substituents is 1. The zero-order valence-electron chi connectivity index (χ0n) is 15.8. The number of carbonyl (C=O) groups is 2. The van der Waals surface area contributed by atoms with Gasteiger partial charge in [0.25, 0.3) is 5.69 Å². The Kier molecular flexibility index (Phi) is 6.42. The van der Waals surface area contributed by atoms with Gasteiger partial charge in [0.15, 0.2) is 0 Å². The quantitative estimate of drug-likeness (QED) is 0.378. The molecule has 10 nitrogen and oxygen atoms in total. The van der Waals surface area contributed by atoms with Crippen molar-refractivity contribution in [1.29, 1.82) is 0 Å². The van der Waals surface area contributed by atoms with Gasteiger partial charge in [-0.05, 0) is 25.1 Å². The average molecular weight is 465 g/mol. The molecule has 1 amide bonds. The number of carbonyl (C=O) groups excluding carboxylic acids is 1. The van der Waals surface area contributed by atoms with Crippen molar-refractivity contribution in [3.8, 4) is 11.5 Å². The highest BCUT2D eigenvalue weighted by Crippen LogP contribution is 2.34. The number of nitrogens with zero attached hydrogens (tertiary/aromatic N) is 3. The summed E-state index contributed by atoms with van der Waals surface area (Å²) < 4.78 is 6.79. The Morgan fingerprint density at radius 2 is 2.00 bits per heavy atom. The highest BCUT2D eigenvalue weighted by molar-refractivity contribution is 6.35. The third-order valence-corrected chi connectivity index (χ3v) is 4.65. The van der Waals surface area contributed by atoms with Crippen LogP contribution in [0.2, 0.25) is 10.0 Å². The van der Waals surface area contributed by atoms with E-state index in [4.69, 9.17) is 33.0 Å². The normalized spacial score (nSPS) is 11.6. The number of amides is 1. The highest BCUT2D eigenvalue weighted by Gasteiger charge is 2.20. The van der Waals surface area contributed by atoms with Crippen molar-refractivity contribution in [3.05, 3.63) is 74.5 Å².